The fourth-order valence-electron chi connectivity index (χ4n) is 1.43. The molecule has 1 unspecified atom stereocenters. The van der Waals surface area contributed by atoms with Gasteiger partial charge in [-0.2, -0.15) is 0 Å². The second kappa shape index (κ2) is 3.27. The Kier molecular flexibility index (Phi) is 2.13. The SMILES string of the molecule is C=NCC1=NSC2=CC=CCC21. The molecule has 12 heavy (non-hydrogen) atoms. The standard InChI is InChI=1S/C9H10N2S/c1-10-6-8-7-4-2-3-5-9(7)12-11-8/h2-3,5,7H,1,4,6H2. The fraction of sp³-hybridized carbons (Fsp3) is 0.333. The molecular formula is C9H10N2S. The molecule has 0 fully saturated rings. The van der Waals surface area contributed by atoms with Crippen molar-refractivity contribution in [1.29, 1.82) is 0 Å². The number of hydrogen-bond donors (Lipinski definition) is 0. The Labute approximate surface area is 76.3 Å². The van der Waals surface area contributed by atoms with E-state index in [1.807, 2.05) is 0 Å². The third-order valence-electron chi connectivity index (χ3n) is 2.06. The van der Waals surface area contributed by atoms with Gasteiger partial charge in [-0.25, -0.2) is 4.40 Å². The average molecular weight is 178 g/mol. The first-order valence-corrected chi connectivity index (χ1v) is 4.72. The monoisotopic (exact) mass is 178 g/mol. The number of allylic oxidation sites excluding steroid dienone is 4. The molecule has 0 radical (unpaired) electrons. The smallest absolute Gasteiger partial charge is 0.0778 e. The summed E-state index contributed by atoms with van der Waals surface area (Å²) in [6.45, 7) is 4.17. The summed E-state index contributed by atoms with van der Waals surface area (Å²) < 4.78 is 4.36. The lowest BCUT2D eigenvalue weighted by Gasteiger charge is -2.12. The van der Waals surface area contributed by atoms with Crippen LogP contribution in [0.2, 0.25) is 0 Å². The summed E-state index contributed by atoms with van der Waals surface area (Å²) in [7, 11) is 0. The van der Waals surface area contributed by atoms with Crippen LogP contribution in [-0.2, 0) is 0 Å². The van der Waals surface area contributed by atoms with Crippen LogP contribution in [0.5, 0.6) is 0 Å². The lowest BCUT2D eigenvalue weighted by molar-refractivity contribution is 0.852. The molecule has 0 bridgehead atoms. The van der Waals surface area contributed by atoms with Gasteiger partial charge in [-0.3, -0.25) is 4.99 Å². The molecule has 0 aromatic rings. The van der Waals surface area contributed by atoms with Gasteiger partial charge in [-0.15, -0.1) is 0 Å². The summed E-state index contributed by atoms with van der Waals surface area (Å²) in [4.78, 5) is 5.22. The molecule has 0 spiro atoms. The van der Waals surface area contributed by atoms with Gasteiger partial charge in [0.2, 0.25) is 0 Å². The molecule has 0 aromatic heterocycles. The highest BCUT2D eigenvalue weighted by atomic mass is 32.2. The van der Waals surface area contributed by atoms with Crippen LogP contribution in [0, 0.1) is 5.92 Å². The molecule has 62 valence electrons. The van der Waals surface area contributed by atoms with E-state index in [-0.39, 0.29) is 0 Å². The van der Waals surface area contributed by atoms with Crippen LogP contribution >= 0.6 is 11.9 Å². The number of nitrogens with zero attached hydrogens (tertiary/aromatic N) is 2. The first-order chi connectivity index (χ1) is 5.92. The average Bonchev–Trinajstić information content (AvgIpc) is 2.50. The highest BCUT2D eigenvalue weighted by molar-refractivity contribution is 8.02. The van der Waals surface area contributed by atoms with Crippen LogP contribution in [0.3, 0.4) is 0 Å². The minimum Gasteiger partial charge on any atom is -0.295 e. The Morgan fingerprint density at radius 3 is 3.50 bits per heavy atom. The topological polar surface area (TPSA) is 24.7 Å². The Bertz CT molecular complexity index is 289. The summed E-state index contributed by atoms with van der Waals surface area (Å²) in [6.07, 6.45) is 7.49. The highest BCUT2D eigenvalue weighted by Crippen LogP contribution is 2.38. The summed E-state index contributed by atoms with van der Waals surface area (Å²) >= 11 is 1.58. The van der Waals surface area contributed by atoms with Gasteiger partial charge < -0.3 is 0 Å². The van der Waals surface area contributed by atoms with Crippen molar-refractivity contribution in [2.45, 2.75) is 6.42 Å². The van der Waals surface area contributed by atoms with Crippen LogP contribution in [0.4, 0.5) is 0 Å². The van der Waals surface area contributed by atoms with Crippen LogP contribution in [0.15, 0.2) is 32.5 Å². The van der Waals surface area contributed by atoms with Gasteiger partial charge in [0.05, 0.1) is 12.3 Å². The normalized spacial score (nSPS) is 26.2. The van der Waals surface area contributed by atoms with Crippen molar-refractivity contribution in [3.8, 4) is 0 Å². The molecule has 0 saturated heterocycles. The van der Waals surface area contributed by atoms with Crippen LogP contribution in [0.1, 0.15) is 6.42 Å². The van der Waals surface area contributed by atoms with E-state index in [4.69, 9.17) is 0 Å². The molecule has 2 rings (SSSR count). The molecule has 1 atom stereocenters. The predicted molar refractivity (Wildman–Crippen MR) is 54.8 cm³/mol. The largest absolute Gasteiger partial charge is 0.295 e. The van der Waals surface area contributed by atoms with Gasteiger partial charge in [0.25, 0.3) is 0 Å². The molecule has 0 N–H and O–H groups in total. The predicted octanol–water partition coefficient (Wildman–Crippen LogP) is 2.25. The minimum absolute atomic E-state index is 0.505. The van der Waals surface area contributed by atoms with Gasteiger partial charge in [-0.1, -0.05) is 18.2 Å². The van der Waals surface area contributed by atoms with Crippen LogP contribution in [-0.4, -0.2) is 19.0 Å². The first-order valence-electron chi connectivity index (χ1n) is 3.95. The van der Waals surface area contributed by atoms with Gasteiger partial charge in [0.1, 0.15) is 0 Å². The van der Waals surface area contributed by atoms with Crippen molar-refractivity contribution in [3.63, 3.8) is 0 Å². The van der Waals surface area contributed by atoms with Gasteiger partial charge >= 0.3 is 0 Å². The van der Waals surface area contributed by atoms with Gasteiger partial charge in [0.15, 0.2) is 0 Å². The molecule has 0 saturated carbocycles. The zero-order valence-electron chi connectivity index (χ0n) is 6.73. The Balaban J connectivity index is 2.16. The number of fused-ring (bicyclic) bond motifs is 1. The second-order valence-corrected chi connectivity index (χ2v) is 3.68. The third-order valence-corrected chi connectivity index (χ3v) is 3.01. The summed E-state index contributed by atoms with van der Waals surface area (Å²) in [5.41, 5.74) is 1.17. The molecule has 1 heterocycles. The van der Waals surface area contributed by atoms with E-state index in [2.05, 4.69) is 34.3 Å². The van der Waals surface area contributed by atoms with Crippen molar-refractivity contribution < 1.29 is 0 Å². The van der Waals surface area contributed by atoms with Crippen molar-refractivity contribution in [3.05, 3.63) is 23.1 Å². The number of hydrogen-bond acceptors (Lipinski definition) is 3. The summed E-state index contributed by atoms with van der Waals surface area (Å²) in [6, 6.07) is 0. The van der Waals surface area contributed by atoms with E-state index in [0.717, 1.165) is 6.42 Å². The molecular weight excluding hydrogens is 168 g/mol. The molecule has 1 aliphatic heterocycles. The molecule has 3 heteroatoms. The molecule has 1 aliphatic carbocycles. The number of rotatable bonds is 2. The van der Waals surface area contributed by atoms with Crippen LogP contribution in [0.25, 0.3) is 0 Å². The van der Waals surface area contributed by atoms with Gasteiger partial charge in [-0.05, 0) is 13.1 Å². The molecule has 2 aliphatic rings. The first kappa shape index (κ1) is 7.80. The quantitative estimate of drug-likeness (QED) is 0.470. The maximum Gasteiger partial charge on any atom is 0.0778 e. The van der Waals surface area contributed by atoms with Crippen molar-refractivity contribution in [2.75, 3.05) is 6.54 Å². The lowest BCUT2D eigenvalue weighted by atomic mass is 9.95. The fourth-order valence-corrected chi connectivity index (χ4v) is 2.34. The Morgan fingerprint density at radius 1 is 1.75 bits per heavy atom. The van der Waals surface area contributed by atoms with E-state index in [9.17, 15) is 0 Å². The van der Waals surface area contributed by atoms with E-state index in [1.165, 1.54) is 10.6 Å². The Hall–Kier alpha value is -0.830. The zero-order valence-corrected chi connectivity index (χ0v) is 7.55. The van der Waals surface area contributed by atoms with Crippen molar-refractivity contribution >= 4 is 24.4 Å². The van der Waals surface area contributed by atoms with E-state index < -0.39 is 0 Å². The van der Waals surface area contributed by atoms with Crippen LogP contribution < -0.4 is 0 Å². The minimum atomic E-state index is 0.505. The summed E-state index contributed by atoms with van der Waals surface area (Å²) in [5, 5.41) is 0. The maximum absolute atomic E-state index is 4.36. The summed E-state index contributed by atoms with van der Waals surface area (Å²) in [5.74, 6) is 0.505. The maximum atomic E-state index is 4.36. The molecule has 0 aromatic carbocycles. The number of aliphatic imine (C=N–C) groups is 1. The highest BCUT2D eigenvalue weighted by Gasteiger charge is 2.26. The van der Waals surface area contributed by atoms with Gasteiger partial charge in [0, 0.05) is 22.8 Å². The molecule has 0 amide bonds. The van der Waals surface area contributed by atoms with E-state index in [0.29, 0.717) is 12.5 Å². The Morgan fingerprint density at radius 2 is 2.67 bits per heavy atom. The van der Waals surface area contributed by atoms with E-state index in [1.54, 1.807) is 11.9 Å². The van der Waals surface area contributed by atoms with Crippen molar-refractivity contribution in [1.82, 2.24) is 0 Å². The second-order valence-electron chi connectivity index (χ2n) is 2.84. The third kappa shape index (κ3) is 1.25. The molecule has 2 nitrogen and oxygen atoms in total. The lowest BCUT2D eigenvalue weighted by Crippen LogP contribution is -2.14. The van der Waals surface area contributed by atoms with Crippen molar-refractivity contribution in [2.24, 2.45) is 15.3 Å². The zero-order chi connectivity index (χ0) is 8.39. The van der Waals surface area contributed by atoms with E-state index >= 15 is 0 Å².